The van der Waals surface area contributed by atoms with E-state index in [1.54, 1.807) is 12.4 Å². The number of benzene rings is 1. The van der Waals surface area contributed by atoms with Gasteiger partial charge in [-0.15, -0.1) is 0 Å². The molecular formula is C20H16N4OS. The quantitative estimate of drug-likeness (QED) is 0.513. The predicted octanol–water partition coefficient (Wildman–Crippen LogP) is 5.44. The average molecular weight is 360 g/mol. The number of nitrogens with zero attached hydrogens (tertiary/aromatic N) is 3. The molecule has 0 atom stereocenters. The molecule has 4 rings (SSSR count). The molecule has 0 unspecified atom stereocenters. The number of nitrogens with one attached hydrogen (secondary N) is 1. The minimum atomic E-state index is 0.670. The third-order valence-electron chi connectivity index (χ3n) is 3.61. The number of hydrogen-bond donors (Lipinski definition) is 1. The van der Waals surface area contributed by atoms with Gasteiger partial charge in [0.1, 0.15) is 23.1 Å². The second-order valence-corrected chi connectivity index (χ2v) is 6.72. The molecule has 0 spiro atoms. The molecule has 0 fully saturated rings. The van der Waals surface area contributed by atoms with Gasteiger partial charge in [-0.25, -0.2) is 15.0 Å². The average Bonchev–Trinajstić information content (AvgIpc) is 3.04. The molecule has 0 aliphatic rings. The van der Waals surface area contributed by atoms with Gasteiger partial charge in [-0.1, -0.05) is 47.7 Å². The summed E-state index contributed by atoms with van der Waals surface area (Å²) in [5.41, 5.74) is 1.89. The summed E-state index contributed by atoms with van der Waals surface area (Å²) in [6.07, 6.45) is 3.44. The first-order chi connectivity index (χ1) is 12.8. The topological polar surface area (TPSA) is 59.9 Å². The van der Waals surface area contributed by atoms with Crippen molar-refractivity contribution >= 4 is 23.0 Å². The number of thiazole rings is 1. The van der Waals surface area contributed by atoms with Crippen molar-refractivity contribution in [2.45, 2.75) is 6.92 Å². The summed E-state index contributed by atoms with van der Waals surface area (Å²) >= 11 is 1.53. The van der Waals surface area contributed by atoms with Crippen LogP contribution in [0.15, 0.2) is 73.1 Å². The third kappa shape index (κ3) is 3.70. The van der Waals surface area contributed by atoms with Gasteiger partial charge in [0, 0.05) is 24.0 Å². The van der Waals surface area contributed by atoms with E-state index in [-0.39, 0.29) is 0 Å². The standard InChI is InChI=1S/C20H16N4OS/c1-14-23-19(15-7-3-2-4-8-15)20(26-14)25-16-10-12-22-18(13-16)24-17-9-5-6-11-21-17/h2-13H,1H3,(H,21,22,24). The van der Waals surface area contributed by atoms with Gasteiger partial charge in [0.2, 0.25) is 5.06 Å². The molecule has 0 bridgehead atoms. The highest BCUT2D eigenvalue weighted by Crippen LogP contribution is 2.38. The van der Waals surface area contributed by atoms with Crippen LogP contribution in [0, 0.1) is 6.92 Å². The van der Waals surface area contributed by atoms with E-state index in [1.807, 2.05) is 67.6 Å². The van der Waals surface area contributed by atoms with Crippen molar-refractivity contribution in [1.29, 1.82) is 0 Å². The molecular weight excluding hydrogens is 344 g/mol. The highest BCUT2D eigenvalue weighted by atomic mass is 32.1. The van der Waals surface area contributed by atoms with Crippen LogP contribution in [-0.2, 0) is 0 Å². The van der Waals surface area contributed by atoms with E-state index < -0.39 is 0 Å². The van der Waals surface area contributed by atoms with Crippen molar-refractivity contribution in [1.82, 2.24) is 15.0 Å². The number of aromatic nitrogens is 3. The number of anilines is 2. The van der Waals surface area contributed by atoms with Crippen LogP contribution < -0.4 is 10.1 Å². The molecule has 0 saturated heterocycles. The molecule has 0 radical (unpaired) electrons. The molecule has 4 aromatic rings. The van der Waals surface area contributed by atoms with Crippen LogP contribution in [0.1, 0.15) is 5.01 Å². The van der Waals surface area contributed by atoms with Crippen LogP contribution in [-0.4, -0.2) is 15.0 Å². The van der Waals surface area contributed by atoms with Crippen LogP contribution in [0.3, 0.4) is 0 Å². The second-order valence-electron chi connectivity index (χ2n) is 5.55. The van der Waals surface area contributed by atoms with Gasteiger partial charge in [-0.3, -0.25) is 0 Å². The SMILES string of the molecule is Cc1nc(-c2ccccc2)c(Oc2ccnc(Nc3ccccn3)c2)s1. The Labute approximate surface area is 155 Å². The summed E-state index contributed by atoms with van der Waals surface area (Å²) in [7, 11) is 0. The fraction of sp³-hybridized carbons (Fsp3) is 0.0500. The first kappa shape index (κ1) is 16.2. The summed E-state index contributed by atoms with van der Waals surface area (Å²) in [5, 5.41) is 4.89. The van der Waals surface area contributed by atoms with Crippen LogP contribution >= 0.6 is 11.3 Å². The minimum absolute atomic E-state index is 0.670. The lowest BCUT2D eigenvalue weighted by Crippen LogP contribution is -1.95. The predicted molar refractivity (Wildman–Crippen MR) is 104 cm³/mol. The monoisotopic (exact) mass is 360 g/mol. The highest BCUT2D eigenvalue weighted by Gasteiger charge is 2.13. The molecule has 3 aromatic heterocycles. The van der Waals surface area contributed by atoms with E-state index in [4.69, 9.17) is 4.74 Å². The van der Waals surface area contributed by atoms with Crippen molar-refractivity contribution in [3.8, 4) is 22.1 Å². The Balaban J connectivity index is 1.60. The lowest BCUT2D eigenvalue weighted by atomic mass is 10.2. The van der Waals surface area contributed by atoms with Gasteiger partial charge < -0.3 is 10.1 Å². The first-order valence-electron chi connectivity index (χ1n) is 8.13. The van der Waals surface area contributed by atoms with Crippen molar-refractivity contribution in [2.24, 2.45) is 0 Å². The maximum Gasteiger partial charge on any atom is 0.208 e. The van der Waals surface area contributed by atoms with E-state index >= 15 is 0 Å². The fourth-order valence-electron chi connectivity index (χ4n) is 2.47. The van der Waals surface area contributed by atoms with Crippen LogP contribution in [0.2, 0.25) is 0 Å². The van der Waals surface area contributed by atoms with E-state index in [2.05, 4.69) is 20.3 Å². The van der Waals surface area contributed by atoms with Crippen LogP contribution in [0.5, 0.6) is 10.8 Å². The van der Waals surface area contributed by atoms with Crippen molar-refractivity contribution in [3.05, 3.63) is 78.1 Å². The molecule has 0 aliphatic heterocycles. The molecule has 128 valence electrons. The normalized spacial score (nSPS) is 10.5. The number of ether oxygens (including phenoxy) is 1. The Kier molecular flexibility index (Phi) is 4.57. The molecule has 1 aromatic carbocycles. The van der Waals surface area contributed by atoms with Crippen LogP contribution in [0.25, 0.3) is 11.3 Å². The maximum absolute atomic E-state index is 6.12. The molecule has 26 heavy (non-hydrogen) atoms. The van der Waals surface area contributed by atoms with Gasteiger partial charge >= 0.3 is 0 Å². The number of pyridine rings is 2. The number of rotatable bonds is 5. The lowest BCUT2D eigenvalue weighted by molar-refractivity contribution is 0.496. The smallest absolute Gasteiger partial charge is 0.208 e. The molecule has 5 nitrogen and oxygen atoms in total. The molecule has 0 amide bonds. The summed E-state index contributed by atoms with van der Waals surface area (Å²) in [6.45, 7) is 1.98. The van der Waals surface area contributed by atoms with E-state index in [1.165, 1.54) is 11.3 Å². The summed E-state index contributed by atoms with van der Waals surface area (Å²) in [6, 6.07) is 19.4. The zero-order chi connectivity index (χ0) is 17.8. The van der Waals surface area contributed by atoms with Crippen LogP contribution in [0.4, 0.5) is 11.6 Å². The largest absolute Gasteiger partial charge is 0.444 e. The molecule has 0 aliphatic carbocycles. The lowest BCUT2D eigenvalue weighted by Gasteiger charge is -2.08. The van der Waals surface area contributed by atoms with E-state index in [0.29, 0.717) is 11.6 Å². The summed E-state index contributed by atoms with van der Waals surface area (Å²) < 4.78 is 6.12. The second kappa shape index (κ2) is 7.33. The summed E-state index contributed by atoms with van der Waals surface area (Å²) in [4.78, 5) is 13.2. The minimum Gasteiger partial charge on any atom is -0.444 e. The molecule has 1 N–H and O–H groups in total. The van der Waals surface area contributed by atoms with Gasteiger partial charge in [0.25, 0.3) is 0 Å². The Morgan fingerprint density at radius 2 is 1.69 bits per heavy atom. The first-order valence-corrected chi connectivity index (χ1v) is 8.94. The zero-order valence-electron chi connectivity index (χ0n) is 14.1. The van der Waals surface area contributed by atoms with Crippen molar-refractivity contribution in [3.63, 3.8) is 0 Å². The molecule has 0 saturated carbocycles. The number of aryl methyl sites for hydroxylation is 1. The third-order valence-corrected chi connectivity index (χ3v) is 4.46. The zero-order valence-corrected chi connectivity index (χ0v) is 14.9. The maximum atomic E-state index is 6.12. The summed E-state index contributed by atoms with van der Waals surface area (Å²) in [5.74, 6) is 2.10. The van der Waals surface area contributed by atoms with Crippen molar-refractivity contribution in [2.75, 3.05) is 5.32 Å². The van der Waals surface area contributed by atoms with E-state index in [9.17, 15) is 0 Å². The Bertz CT molecular complexity index is 1000. The van der Waals surface area contributed by atoms with Crippen molar-refractivity contribution < 1.29 is 4.74 Å². The van der Waals surface area contributed by atoms with Gasteiger partial charge in [-0.05, 0) is 25.1 Å². The fourth-order valence-corrected chi connectivity index (χ4v) is 3.28. The highest BCUT2D eigenvalue weighted by molar-refractivity contribution is 7.13. The molecule has 3 heterocycles. The van der Waals surface area contributed by atoms with E-state index in [0.717, 1.165) is 27.1 Å². The van der Waals surface area contributed by atoms with Gasteiger partial charge in [0.15, 0.2) is 0 Å². The Hall–Kier alpha value is -3.25. The van der Waals surface area contributed by atoms with Gasteiger partial charge in [-0.2, -0.15) is 0 Å². The Morgan fingerprint density at radius 3 is 2.50 bits per heavy atom. The number of hydrogen-bond acceptors (Lipinski definition) is 6. The molecule has 6 heteroatoms. The Morgan fingerprint density at radius 1 is 0.885 bits per heavy atom. The van der Waals surface area contributed by atoms with Gasteiger partial charge in [0.05, 0.1) is 5.01 Å².